The van der Waals surface area contributed by atoms with Gasteiger partial charge in [0.25, 0.3) is 5.91 Å². The summed E-state index contributed by atoms with van der Waals surface area (Å²) in [4.78, 5) is 20.0. The minimum absolute atomic E-state index is 0.0506. The van der Waals surface area contributed by atoms with Crippen LogP contribution in [0.2, 0.25) is 0 Å². The highest BCUT2D eigenvalue weighted by molar-refractivity contribution is 9.10. The number of hydrogen-bond donors (Lipinski definition) is 2. The first-order valence-corrected chi connectivity index (χ1v) is 16.6. The summed E-state index contributed by atoms with van der Waals surface area (Å²) in [6.45, 7) is 0.886. The molecule has 6 rings (SSSR count). The summed E-state index contributed by atoms with van der Waals surface area (Å²) in [5, 5.41) is 12.4. The maximum Gasteiger partial charge on any atom is 0.252 e. The second kappa shape index (κ2) is 15.2. The molecule has 2 N–H and O–H groups in total. The van der Waals surface area contributed by atoms with Crippen LogP contribution in [0.1, 0.15) is 46.3 Å². The molecule has 0 radical (unpaired) electrons. The van der Waals surface area contributed by atoms with E-state index in [-0.39, 0.29) is 18.4 Å². The van der Waals surface area contributed by atoms with E-state index in [2.05, 4.69) is 45.5 Å². The fraction of sp³-hybridized carbons (Fsp3) is 0.200. The Hall–Kier alpha value is -4.72. The van der Waals surface area contributed by atoms with Gasteiger partial charge in [-0.05, 0) is 58.7 Å². The molecule has 1 aliphatic heterocycles. The maximum absolute atomic E-state index is 14.8. The molecule has 0 unspecified atom stereocenters. The summed E-state index contributed by atoms with van der Waals surface area (Å²) in [5.41, 5.74) is 3.52. The van der Waals surface area contributed by atoms with Crippen molar-refractivity contribution in [1.82, 2.24) is 5.32 Å². The molecule has 0 aromatic heterocycles. The minimum Gasteiger partial charge on any atom is -0.494 e. The molecule has 1 amide bonds. The number of benzene rings is 5. The van der Waals surface area contributed by atoms with Gasteiger partial charge in [0.1, 0.15) is 5.75 Å². The van der Waals surface area contributed by atoms with Crippen LogP contribution in [-0.2, 0) is 16.0 Å². The van der Waals surface area contributed by atoms with Gasteiger partial charge < -0.3 is 19.9 Å². The molecule has 0 bridgehead atoms. The number of halogens is 1. The topological polar surface area (TPSA) is 80.2 Å². The van der Waals surface area contributed by atoms with Crippen LogP contribution in [0.4, 0.5) is 0 Å². The van der Waals surface area contributed by atoms with E-state index in [0.29, 0.717) is 37.6 Å². The summed E-state index contributed by atoms with van der Waals surface area (Å²) in [7, 11) is 0. The number of nitrogens with one attached hydrogen (secondary N) is 1. The smallest absolute Gasteiger partial charge is 0.252 e. The van der Waals surface area contributed by atoms with E-state index < -0.39 is 11.6 Å². The molecule has 5 aromatic carbocycles. The highest BCUT2D eigenvalue weighted by Crippen LogP contribution is 2.43. The molecular formula is C40H37BrN2O4. The van der Waals surface area contributed by atoms with Crippen LogP contribution in [0, 0.1) is 0 Å². The van der Waals surface area contributed by atoms with Gasteiger partial charge in [-0.25, -0.2) is 4.99 Å². The van der Waals surface area contributed by atoms with Crippen molar-refractivity contribution in [2.75, 3.05) is 19.8 Å². The molecule has 238 valence electrons. The molecule has 7 heteroatoms. The molecule has 0 saturated heterocycles. The van der Waals surface area contributed by atoms with Crippen molar-refractivity contribution < 1.29 is 19.4 Å². The van der Waals surface area contributed by atoms with Gasteiger partial charge in [-0.3, -0.25) is 4.79 Å². The lowest BCUT2D eigenvalue weighted by molar-refractivity contribution is -0.129. The lowest BCUT2D eigenvalue weighted by Crippen LogP contribution is -2.50. The highest BCUT2D eigenvalue weighted by atomic mass is 79.9. The van der Waals surface area contributed by atoms with Crippen LogP contribution >= 0.6 is 15.9 Å². The summed E-state index contributed by atoms with van der Waals surface area (Å²) >= 11 is 3.55. The SMILES string of the molecule is O=C(NCC(c1ccccc1)c1ccccc1)[C@]1(Cc2ccc(Br)cc2)N=C(c2ccc(OCCCO)cc2)O[C@@H]1c1ccccc1. The fourth-order valence-corrected chi connectivity index (χ4v) is 6.23. The number of aliphatic hydroxyl groups excluding tert-OH is 1. The van der Waals surface area contributed by atoms with Crippen LogP contribution in [0.5, 0.6) is 5.75 Å². The first kappa shape index (κ1) is 32.2. The zero-order valence-corrected chi connectivity index (χ0v) is 27.6. The van der Waals surface area contributed by atoms with Gasteiger partial charge in [-0.2, -0.15) is 0 Å². The predicted molar refractivity (Wildman–Crippen MR) is 189 cm³/mol. The van der Waals surface area contributed by atoms with E-state index in [1.807, 2.05) is 115 Å². The summed E-state index contributed by atoms with van der Waals surface area (Å²) in [5.74, 6) is 0.832. The van der Waals surface area contributed by atoms with Gasteiger partial charge >= 0.3 is 0 Å². The molecule has 0 fully saturated rings. The van der Waals surface area contributed by atoms with E-state index >= 15 is 0 Å². The third kappa shape index (κ3) is 7.64. The van der Waals surface area contributed by atoms with E-state index in [4.69, 9.17) is 19.6 Å². The maximum atomic E-state index is 14.8. The van der Waals surface area contributed by atoms with Gasteiger partial charge in [0.05, 0.1) is 6.61 Å². The van der Waals surface area contributed by atoms with Gasteiger partial charge in [0.15, 0.2) is 11.6 Å². The average molecular weight is 690 g/mol. The minimum atomic E-state index is -1.29. The van der Waals surface area contributed by atoms with Crippen molar-refractivity contribution in [1.29, 1.82) is 0 Å². The Balaban J connectivity index is 1.39. The third-order valence-electron chi connectivity index (χ3n) is 8.39. The van der Waals surface area contributed by atoms with Gasteiger partial charge in [0.2, 0.25) is 5.90 Å². The molecule has 6 nitrogen and oxygen atoms in total. The van der Waals surface area contributed by atoms with Crippen LogP contribution in [0.15, 0.2) is 149 Å². The Bertz CT molecular complexity index is 1730. The normalized spacial score (nSPS) is 17.2. The third-order valence-corrected chi connectivity index (χ3v) is 8.92. The number of rotatable bonds is 13. The zero-order valence-electron chi connectivity index (χ0n) is 26.0. The first-order chi connectivity index (χ1) is 23.1. The molecule has 0 spiro atoms. The number of aliphatic hydroxyl groups is 1. The quantitative estimate of drug-likeness (QED) is 0.125. The fourth-order valence-electron chi connectivity index (χ4n) is 5.97. The number of nitrogens with zero attached hydrogens (tertiary/aromatic N) is 1. The molecule has 2 atom stereocenters. The van der Waals surface area contributed by atoms with Crippen LogP contribution in [0.25, 0.3) is 0 Å². The number of carbonyl (C=O) groups is 1. The largest absolute Gasteiger partial charge is 0.494 e. The van der Waals surface area contributed by atoms with Gasteiger partial charge in [0, 0.05) is 41.9 Å². The number of carbonyl (C=O) groups excluding carboxylic acids is 1. The van der Waals surface area contributed by atoms with Crippen molar-refractivity contribution in [3.63, 3.8) is 0 Å². The second-order valence-corrected chi connectivity index (χ2v) is 12.5. The first-order valence-electron chi connectivity index (χ1n) is 15.8. The number of aliphatic imine (C=N–C) groups is 1. The van der Waals surface area contributed by atoms with Crippen molar-refractivity contribution in [3.8, 4) is 5.75 Å². The molecule has 47 heavy (non-hydrogen) atoms. The Kier molecular flexibility index (Phi) is 10.5. The van der Waals surface area contributed by atoms with Crippen LogP contribution < -0.4 is 10.1 Å². The molecule has 0 aliphatic carbocycles. The predicted octanol–water partition coefficient (Wildman–Crippen LogP) is 7.66. The zero-order chi connectivity index (χ0) is 32.5. The Morgan fingerprint density at radius 3 is 2.02 bits per heavy atom. The average Bonchev–Trinajstić information content (AvgIpc) is 3.51. The Morgan fingerprint density at radius 2 is 1.43 bits per heavy atom. The lowest BCUT2D eigenvalue weighted by Gasteiger charge is -2.31. The highest BCUT2D eigenvalue weighted by Gasteiger charge is 2.53. The monoisotopic (exact) mass is 688 g/mol. The number of hydrogen-bond acceptors (Lipinski definition) is 5. The second-order valence-electron chi connectivity index (χ2n) is 11.6. The van der Waals surface area contributed by atoms with E-state index in [9.17, 15) is 4.79 Å². The van der Waals surface area contributed by atoms with E-state index in [1.54, 1.807) is 0 Å². The molecule has 1 heterocycles. The van der Waals surface area contributed by atoms with Gasteiger partial charge in [-0.15, -0.1) is 0 Å². The van der Waals surface area contributed by atoms with Crippen molar-refractivity contribution in [3.05, 3.63) is 172 Å². The van der Waals surface area contributed by atoms with Crippen molar-refractivity contribution >= 4 is 27.7 Å². The van der Waals surface area contributed by atoms with E-state index in [0.717, 1.165) is 32.3 Å². The van der Waals surface area contributed by atoms with Gasteiger partial charge in [-0.1, -0.05) is 119 Å². The van der Waals surface area contributed by atoms with Crippen LogP contribution in [0.3, 0.4) is 0 Å². The Labute approximate surface area is 284 Å². The summed E-state index contributed by atoms with van der Waals surface area (Å²) in [6.07, 6.45) is 0.216. The molecule has 5 aromatic rings. The molecular weight excluding hydrogens is 652 g/mol. The Morgan fingerprint density at radius 1 is 0.830 bits per heavy atom. The number of ether oxygens (including phenoxy) is 2. The standard InChI is InChI=1S/C40H37BrN2O4/c41-34-21-17-29(18-22-34)27-40(39(45)42-28-36(30-11-4-1-5-12-30)31-13-6-2-7-14-31)37(32-15-8-3-9-16-32)47-38(43-40)33-19-23-35(24-20-33)46-26-10-25-44/h1-9,11-24,36-37,44H,10,25-28H2,(H,42,45)/t37-,40-/m1/s1. The number of amides is 1. The van der Waals surface area contributed by atoms with E-state index in [1.165, 1.54) is 0 Å². The summed E-state index contributed by atoms with van der Waals surface area (Å²) in [6, 6.07) is 45.8. The van der Waals surface area contributed by atoms with Crippen molar-refractivity contribution in [2.45, 2.75) is 30.4 Å². The lowest BCUT2D eigenvalue weighted by atomic mass is 9.81. The summed E-state index contributed by atoms with van der Waals surface area (Å²) < 4.78 is 13.4. The van der Waals surface area contributed by atoms with Crippen molar-refractivity contribution in [2.24, 2.45) is 4.99 Å². The molecule has 1 aliphatic rings. The molecule has 0 saturated carbocycles. The van der Waals surface area contributed by atoms with Crippen LogP contribution in [-0.4, -0.2) is 42.2 Å².